The predicted octanol–water partition coefficient (Wildman–Crippen LogP) is 1.77. The number of hydrogen-bond acceptors (Lipinski definition) is 5. The highest BCUT2D eigenvalue weighted by Crippen LogP contribution is 2.38. The number of rotatable bonds is 5. The van der Waals surface area contributed by atoms with Crippen LogP contribution in [0.15, 0.2) is 33.8 Å². The summed E-state index contributed by atoms with van der Waals surface area (Å²) in [6, 6.07) is 3.87. The average Bonchev–Trinajstić information content (AvgIpc) is 3.08. The molecular weight excluding hydrogens is 280 g/mol. The van der Waals surface area contributed by atoms with Crippen LogP contribution in [0.4, 0.5) is 0 Å². The summed E-state index contributed by atoms with van der Waals surface area (Å²) in [5, 5.41) is 4.57. The maximum absolute atomic E-state index is 12.1. The van der Waals surface area contributed by atoms with Gasteiger partial charge in [-0.3, -0.25) is 9.69 Å². The van der Waals surface area contributed by atoms with Crippen molar-refractivity contribution >= 4 is 0 Å². The van der Waals surface area contributed by atoms with Crippen molar-refractivity contribution in [3.63, 3.8) is 0 Å². The van der Waals surface area contributed by atoms with E-state index in [-0.39, 0.29) is 5.56 Å². The first kappa shape index (κ1) is 13.7. The van der Waals surface area contributed by atoms with E-state index < -0.39 is 0 Å². The van der Waals surface area contributed by atoms with Gasteiger partial charge in [-0.05, 0) is 38.3 Å². The molecule has 1 aliphatic heterocycles. The summed E-state index contributed by atoms with van der Waals surface area (Å²) in [6.07, 6.45) is 7.90. The molecule has 6 nitrogen and oxygen atoms in total. The molecule has 1 saturated heterocycles. The van der Waals surface area contributed by atoms with E-state index >= 15 is 0 Å². The fourth-order valence-corrected chi connectivity index (χ4v) is 3.21. The van der Waals surface area contributed by atoms with Crippen LogP contribution in [0.2, 0.25) is 0 Å². The van der Waals surface area contributed by atoms with Gasteiger partial charge >= 0.3 is 0 Å². The highest BCUT2D eigenvalue weighted by Gasteiger charge is 2.28. The molecule has 22 heavy (non-hydrogen) atoms. The zero-order chi connectivity index (χ0) is 14.9. The zero-order valence-electron chi connectivity index (χ0n) is 12.5. The molecule has 0 spiro atoms. The Kier molecular flexibility index (Phi) is 3.54. The third kappa shape index (κ3) is 2.83. The summed E-state index contributed by atoms with van der Waals surface area (Å²) in [5.74, 6) is 1.30. The van der Waals surface area contributed by atoms with Crippen LogP contribution in [0.5, 0.6) is 0 Å². The predicted molar refractivity (Wildman–Crippen MR) is 80.4 cm³/mol. The highest BCUT2D eigenvalue weighted by molar-refractivity contribution is 5.12. The molecule has 1 unspecified atom stereocenters. The van der Waals surface area contributed by atoms with Gasteiger partial charge in [0.05, 0.1) is 25.0 Å². The Balaban J connectivity index is 1.49. The van der Waals surface area contributed by atoms with E-state index in [9.17, 15) is 4.79 Å². The summed E-state index contributed by atoms with van der Waals surface area (Å²) in [4.78, 5) is 18.6. The van der Waals surface area contributed by atoms with Crippen molar-refractivity contribution < 1.29 is 4.42 Å². The van der Waals surface area contributed by atoms with Crippen molar-refractivity contribution in [1.82, 2.24) is 19.7 Å². The Morgan fingerprint density at radius 2 is 2.18 bits per heavy atom. The van der Waals surface area contributed by atoms with E-state index in [1.54, 1.807) is 23.2 Å². The summed E-state index contributed by atoms with van der Waals surface area (Å²) < 4.78 is 6.98. The Morgan fingerprint density at radius 3 is 2.95 bits per heavy atom. The van der Waals surface area contributed by atoms with Gasteiger partial charge in [0.2, 0.25) is 5.89 Å². The van der Waals surface area contributed by atoms with Gasteiger partial charge in [0.25, 0.3) is 5.56 Å². The SMILES string of the molecule is O=c1ccc(C2CC2)nn1CC1CCCN1Cc1ncco1. The third-order valence-electron chi connectivity index (χ3n) is 4.59. The second kappa shape index (κ2) is 5.68. The van der Waals surface area contributed by atoms with E-state index in [1.807, 2.05) is 6.07 Å². The number of hydrogen-bond donors (Lipinski definition) is 0. The van der Waals surface area contributed by atoms with E-state index in [0.29, 0.717) is 25.0 Å². The molecule has 1 saturated carbocycles. The normalized spacial score (nSPS) is 22.3. The number of aromatic nitrogens is 3. The largest absolute Gasteiger partial charge is 0.448 e. The highest BCUT2D eigenvalue weighted by atomic mass is 16.3. The molecule has 0 radical (unpaired) electrons. The van der Waals surface area contributed by atoms with E-state index in [0.717, 1.165) is 31.0 Å². The maximum Gasteiger partial charge on any atom is 0.266 e. The Labute approximate surface area is 128 Å². The van der Waals surface area contributed by atoms with Gasteiger partial charge in [0.15, 0.2) is 0 Å². The Hall–Kier alpha value is -1.95. The summed E-state index contributed by atoms with van der Waals surface area (Å²) in [5.41, 5.74) is 1.06. The van der Waals surface area contributed by atoms with Crippen molar-refractivity contribution in [3.8, 4) is 0 Å². The molecule has 1 atom stereocenters. The molecule has 0 N–H and O–H groups in total. The topological polar surface area (TPSA) is 64.2 Å². The Bertz CT molecular complexity index is 690. The van der Waals surface area contributed by atoms with E-state index in [2.05, 4.69) is 15.0 Å². The van der Waals surface area contributed by atoms with Gasteiger partial charge in [-0.15, -0.1) is 0 Å². The molecule has 2 aromatic rings. The van der Waals surface area contributed by atoms with Gasteiger partial charge in [0.1, 0.15) is 6.26 Å². The lowest BCUT2D eigenvalue weighted by Gasteiger charge is -2.23. The fourth-order valence-electron chi connectivity index (χ4n) is 3.21. The Morgan fingerprint density at radius 1 is 1.27 bits per heavy atom. The summed E-state index contributed by atoms with van der Waals surface area (Å²) >= 11 is 0. The quantitative estimate of drug-likeness (QED) is 0.842. The van der Waals surface area contributed by atoms with Crippen molar-refractivity contribution in [1.29, 1.82) is 0 Å². The first-order chi connectivity index (χ1) is 10.8. The molecule has 0 bridgehead atoms. The lowest BCUT2D eigenvalue weighted by Crippen LogP contribution is -2.36. The van der Waals surface area contributed by atoms with Gasteiger partial charge in [-0.25, -0.2) is 9.67 Å². The average molecular weight is 300 g/mol. The fraction of sp³-hybridized carbons (Fsp3) is 0.562. The van der Waals surface area contributed by atoms with Gasteiger partial charge in [0, 0.05) is 18.0 Å². The molecule has 1 aliphatic carbocycles. The number of nitrogens with zero attached hydrogens (tertiary/aromatic N) is 4. The summed E-state index contributed by atoms with van der Waals surface area (Å²) in [6.45, 7) is 2.37. The van der Waals surface area contributed by atoms with Crippen molar-refractivity contribution in [2.45, 2.75) is 50.7 Å². The first-order valence-corrected chi connectivity index (χ1v) is 8.00. The standard InChI is InChI=1S/C16H20N4O2/c21-16-6-5-14(12-3-4-12)18-20(16)10-13-2-1-8-19(13)11-15-17-7-9-22-15/h5-7,9,12-13H,1-4,8,10-11H2. The van der Waals surface area contributed by atoms with Crippen LogP contribution < -0.4 is 5.56 Å². The van der Waals surface area contributed by atoms with Crippen LogP contribution in [0.25, 0.3) is 0 Å². The smallest absolute Gasteiger partial charge is 0.266 e. The second-order valence-corrected chi connectivity index (χ2v) is 6.25. The van der Waals surface area contributed by atoms with Crippen LogP contribution in [0, 0.1) is 0 Å². The van der Waals surface area contributed by atoms with Gasteiger partial charge in [-0.1, -0.05) is 0 Å². The lowest BCUT2D eigenvalue weighted by atomic mass is 10.2. The molecular formula is C16H20N4O2. The van der Waals surface area contributed by atoms with Gasteiger partial charge in [-0.2, -0.15) is 5.10 Å². The summed E-state index contributed by atoms with van der Waals surface area (Å²) in [7, 11) is 0. The van der Waals surface area contributed by atoms with E-state index in [4.69, 9.17) is 4.42 Å². The van der Waals surface area contributed by atoms with Gasteiger partial charge < -0.3 is 4.42 Å². The van der Waals surface area contributed by atoms with Crippen LogP contribution in [0.1, 0.15) is 43.2 Å². The first-order valence-electron chi connectivity index (χ1n) is 8.00. The number of oxazole rings is 1. The molecule has 2 aromatic heterocycles. The third-order valence-corrected chi connectivity index (χ3v) is 4.59. The maximum atomic E-state index is 12.1. The van der Waals surface area contributed by atoms with Crippen molar-refractivity contribution in [3.05, 3.63) is 46.5 Å². The number of likely N-dealkylation sites (tertiary alicyclic amines) is 1. The van der Waals surface area contributed by atoms with Crippen molar-refractivity contribution in [2.24, 2.45) is 0 Å². The van der Waals surface area contributed by atoms with Crippen LogP contribution in [-0.2, 0) is 13.1 Å². The molecule has 4 rings (SSSR count). The molecule has 0 amide bonds. The van der Waals surface area contributed by atoms with Crippen LogP contribution in [-0.4, -0.2) is 32.3 Å². The lowest BCUT2D eigenvalue weighted by molar-refractivity contribution is 0.197. The van der Waals surface area contributed by atoms with E-state index in [1.165, 1.54) is 12.8 Å². The molecule has 116 valence electrons. The van der Waals surface area contributed by atoms with Crippen molar-refractivity contribution in [2.75, 3.05) is 6.54 Å². The monoisotopic (exact) mass is 300 g/mol. The minimum Gasteiger partial charge on any atom is -0.448 e. The second-order valence-electron chi connectivity index (χ2n) is 6.25. The minimum atomic E-state index is -0.00706. The van der Waals surface area contributed by atoms with Crippen LogP contribution >= 0.6 is 0 Å². The minimum absolute atomic E-state index is 0.00706. The molecule has 6 heteroatoms. The zero-order valence-corrected chi connectivity index (χ0v) is 12.5. The van der Waals surface area contributed by atoms with Crippen LogP contribution in [0.3, 0.4) is 0 Å². The molecule has 0 aromatic carbocycles. The molecule has 3 heterocycles. The molecule has 2 aliphatic rings. The molecule has 2 fully saturated rings.